The largest absolute Gasteiger partial charge is 0.388 e. The number of hydrogen-bond acceptors (Lipinski definition) is 6. The highest BCUT2D eigenvalue weighted by molar-refractivity contribution is 5.76. The molecule has 182 valence electrons. The minimum absolute atomic E-state index is 0.120. The van der Waals surface area contributed by atoms with Crippen LogP contribution in [0.25, 0.3) is 0 Å². The second kappa shape index (κ2) is 9.15. The number of hydrogen-bond donors (Lipinski definition) is 1. The molecule has 1 amide bonds. The van der Waals surface area contributed by atoms with Crippen LogP contribution in [0.3, 0.4) is 0 Å². The molecule has 1 N–H and O–H groups in total. The summed E-state index contributed by atoms with van der Waals surface area (Å²) < 4.78 is 1.51. The second-order valence-corrected chi connectivity index (χ2v) is 10.4. The Hall–Kier alpha value is -2.71. The van der Waals surface area contributed by atoms with Crippen LogP contribution in [-0.4, -0.2) is 81.3 Å². The normalized spacial score (nSPS) is 21.6. The van der Waals surface area contributed by atoms with Crippen molar-refractivity contribution >= 4 is 11.7 Å². The number of aliphatic hydroxyl groups is 1. The van der Waals surface area contributed by atoms with E-state index in [9.17, 15) is 14.7 Å². The third-order valence-corrected chi connectivity index (χ3v) is 8.09. The molecule has 2 aromatic rings. The lowest BCUT2D eigenvalue weighted by molar-refractivity contribution is -0.135. The fourth-order valence-electron chi connectivity index (χ4n) is 5.71. The molecular formula is C26H35N5O3. The highest BCUT2D eigenvalue weighted by Gasteiger charge is 2.49. The highest BCUT2D eigenvalue weighted by Crippen LogP contribution is 2.38. The molecule has 0 aliphatic carbocycles. The van der Waals surface area contributed by atoms with Gasteiger partial charge in [-0.2, -0.15) is 0 Å². The van der Waals surface area contributed by atoms with Crippen LogP contribution in [0.1, 0.15) is 37.7 Å². The first kappa shape index (κ1) is 23.1. The quantitative estimate of drug-likeness (QED) is 0.697. The van der Waals surface area contributed by atoms with Crippen LogP contribution in [0.4, 0.5) is 5.82 Å². The molecule has 3 aliphatic rings. The van der Waals surface area contributed by atoms with Gasteiger partial charge in [0.05, 0.1) is 24.0 Å². The molecular weight excluding hydrogens is 430 g/mol. The first-order valence-corrected chi connectivity index (χ1v) is 12.4. The van der Waals surface area contributed by atoms with Crippen LogP contribution in [0.15, 0.2) is 47.5 Å². The van der Waals surface area contributed by atoms with Crippen molar-refractivity contribution in [2.24, 2.45) is 0 Å². The number of nitrogens with zero attached hydrogens (tertiary/aromatic N) is 5. The number of rotatable bonds is 6. The number of likely N-dealkylation sites (tertiary alicyclic amines) is 2. The van der Waals surface area contributed by atoms with E-state index in [1.807, 2.05) is 35.2 Å². The Morgan fingerprint density at radius 3 is 2.47 bits per heavy atom. The summed E-state index contributed by atoms with van der Waals surface area (Å²) in [6.45, 7) is 4.19. The van der Waals surface area contributed by atoms with Crippen LogP contribution in [-0.2, 0) is 17.8 Å². The van der Waals surface area contributed by atoms with E-state index in [4.69, 9.17) is 0 Å². The number of aryl methyl sites for hydroxylation is 1. The van der Waals surface area contributed by atoms with Gasteiger partial charge >= 0.3 is 0 Å². The zero-order valence-electron chi connectivity index (χ0n) is 20.0. The molecule has 1 aromatic heterocycles. The van der Waals surface area contributed by atoms with E-state index in [1.165, 1.54) is 17.4 Å². The number of amides is 1. The number of carbonyl (C=O) groups excluding carboxylic acids is 1. The van der Waals surface area contributed by atoms with Gasteiger partial charge in [0.15, 0.2) is 0 Å². The van der Waals surface area contributed by atoms with Gasteiger partial charge in [0.25, 0.3) is 5.56 Å². The van der Waals surface area contributed by atoms with Crippen molar-refractivity contribution in [2.45, 2.75) is 56.2 Å². The van der Waals surface area contributed by atoms with E-state index in [-0.39, 0.29) is 23.6 Å². The minimum Gasteiger partial charge on any atom is -0.388 e. The van der Waals surface area contributed by atoms with Crippen LogP contribution in [0.2, 0.25) is 0 Å². The Morgan fingerprint density at radius 1 is 1.09 bits per heavy atom. The van der Waals surface area contributed by atoms with Crippen molar-refractivity contribution in [2.75, 3.05) is 44.7 Å². The lowest BCUT2D eigenvalue weighted by atomic mass is 9.87. The van der Waals surface area contributed by atoms with Crippen LogP contribution >= 0.6 is 0 Å². The predicted octanol–water partition coefficient (Wildman–Crippen LogP) is 1.51. The van der Waals surface area contributed by atoms with Crippen molar-refractivity contribution in [1.29, 1.82) is 0 Å². The number of benzene rings is 1. The molecule has 34 heavy (non-hydrogen) atoms. The van der Waals surface area contributed by atoms with Crippen LogP contribution in [0, 0.1) is 0 Å². The van der Waals surface area contributed by atoms with Crippen molar-refractivity contribution in [1.82, 2.24) is 19.4 Å². The molecule has 0 unspecified atom stereocenters. The number of anilines is 1. The monoisotopic (exact) mass is 465 g/mol. The molecule has 4 heterocycles. The Kier molecular flexibility index (Phi) is 6.20. The van der Waals surface area contributed by atoms with E-state index in [1.54, 1.807) is 12.4 Å². The van der Waals surface area contributed by atoms with E-state index in [2.05, 4.69) is 21.8 Å². The van der Waals surface area contributed by atoms with Crippen molar-refractivity contribution in [3.63, 3.8) is 0 Å². The summed E-state index contributed by atoms with van der Waals surface area (Å²) >= 11 is 0. The van der Waals surface area contributed by atoms with E-state index >= 15 is 0 Å². The number of likely N-dealkylation sites (N-methyl/N-ethyl adjacent to an activating group) is 1. The maximum Gasteiger partial charge on any atom is 0.255 e. The summed E-state index contributed by atoms with van der Waals surface area (Å²) in [4.78, 5) is 36.4. The molecule has 0 saturated carbocycles. The van der Waals surface area contributed by atoms with Gasteiger partial charge in [0, 0.05) is 38.7 Å². The van der Waals surface area contributed by atoms with E-state index < -0.39 is 5.60 Å². The average Bonchev–Trinajstić information content (AvgIpc) is 3.20. The molecule has 1 spiro atoms. The van der Waals surface area contributed by atoms with Gasteiger partial charge < -0.3 is 14.9 Å². The Bertz CT molecular complexity index is 1070. The van der Waals surface area contributed by atoms with Gasteiger partial charge in [-0.3, -0.25) is 19.1 Å². The van der Waals surface area contributed by atoms with Crippen molar-refractivity contribution in [3.05, 3.63) is 58.6 Å². The number of carbonyl (C=O) groups is 1. The van der Waals surface area contributed by atoms with Gasteiger partial charge in [-0.15, -0.1) is 0 Å². The molecule has 0 atom stereocenters. The Labute approximate surface area is 200 Å². The molecule has 3 fully saturated rings. The molecule has 0 bridgehead atoms. The SMILES string of the molecule is CN1CCCC12CN(c1cc(=O)n(CC3(O)CCN(C(=O)CCc4ccccc4)CC3)cn1)C2. The summed E-state index contributed by atoms with van der Waals surface area (Å²) in [5, 5.41) is 11.1. The zero-order valence-corrected chi connectivity index (χ0v) is 20.0. The summed E-state index contributed by atoms with van der Waals surface area (Å²) in [5.74, 6) is 0.840. The maximum absolute atomic E-state index is 12.8. The van der Waals surface area contributed by atoms with Crippen molar-refractivity contribution < 1.29 is 9.90 Å². The third-order valence-electron chi connectivity index (χ3n) is 8.09. The second-order valence-electron chi connectivity index (χ2n) is 10.4. The van der Waals surface area contributed by atoms with Gasteiger partial charge in [-0.05, 0) is 51.3 Å². The molecule has 1 aromatic carbocycles. The lowest BCUT2D eigenvalue weighted by Crippen LogP contribution is -2.67. The van der Waals surface area contributed by atoms with Gasteiger partial charge in [0.2, 0.25) is 5.91 Å². The predicted molar refractivity (Wildman–Crippen MR) is 131 cm³/mol. The summed E-state index contributed by atoms with van der Waals surface area (Å²) in [7, 11) is 2.18. The number of piperidine rings is 1. The van der Waals surface area contributed by atoms with E-state index in [0.717, 1.165) is 37.4 Å². The zero-order chi connectivity index (χ0) is 23.8. The summed E-state index contributed by atoms with van der Waals surface area (Å²) in [6, 6.07) is 11.6. The van der Waals surface area contributed by atoms with Gasteiger partial charge in [0.1, 0.15) is 5.82 Å². The molecule has 3 aliphatic heterocycles. The molecule has 3 saturated heterocycles. The molecule has 0 radical (unpaired) electrons. The molecule has 8 heteroatoms. The smallest absolute Gasteiger partial charge is 0.255 e. The number of aromatic nitrogens is 2. The molecule has 5 rings (SSSR count). The first-order chi connectivity index (χ1) is 16.4. The van der Waals surface area contributed by atoms with E-state index in [0.29, 0.717) is 32.4 Å². The van der Waals surface area contributed by atoms with Gasteiger partial charge in [-0.25, -0.2) is 4.98 Å². The fourth-order valence-corrected chi connectivity index (χ4v) is 5.71. The van der Waals surface area contributed by atoms with Gasteiger partial charge in [-0.1, -0.05) is 30.3 Å². The van der Waals surface area contributed by atoms with Crippen molar-refractivity contribution in [3.8, 4) is 0 Å². The first-order valence-electron chi connectivity index (χ1n) is 12.4. The lowest BCUT2D eigenvalue weighted by Gasteiger charge is -2.52. The third kappa shape index (κ3) is 4.61. The fraction of sp³-hybridized carbons (Fsp3) is 0.577. The highest BCUT2D eigenvalue weighted by atomic mass is 16.3. The minimum atomic E-state index is -1.00. The Balaban J connectivity index is 1.13. The van der Waals surface area contributed by atoms with Crippen LogP contribution in [0.5, 0.6) is 0 Å². The maximum atomic E-state index is 12.8. The Morgan fingerprint density at radius 2 is 1.82 bits per heavy atom. The molecule has 8 nitrogen and oxygen atoms in total. The average molecular weight is 466 g/mol. The van der Waals surface area contributed by atoms with Crippen LogP contribution < -0.4 is 10.5 Å². The standard InChI is InChI=1S/C26H35N5O3/c1-28-13-5-10-25(28)17-30(18-25)22-16-24(33)31(20-27-22)19-26(34)11-14-29(15-12-26)23(32)9-8-21-6-3-2-4-7-21/h2-4,6-7,16,20,34H,5,8-15,17-19H2,1H3. The summed E-state index contributed by atoms with van der Waals surface area (Å²) in [6.07, 6.45) is 6.11. The topological polar surface area (TPSA) is 81.9 Å². The summed E-state index contributed by atoms with van der Waals surface area (Å²) in [5.41, 5.74) is 0.262.